The van der Waals surface area contributed by atoms with E-state index in [4.69, 9.17) is 14.2 Å². The van der Waals surface area contributed by atoms with Gasteiger partial charge >= 0.3 is 11.9 Å². The summed E-state index contributed by atoms with van der Waals surface area (Å²) in [5.74, 6) is -2.59. The Morgan fingerprint density at radius 3 is 2.30 bits per heavy atom. The highest BCUT2D eigenvalue weighted by Gasteiger charge is 2.39. The molecule has 0 bridgehead atoms. The molecule has 30 heavy (non-hydrogen) atoms. The van der Waals surface area contributed by atoms with Crippen molar-refractivity contribution in [3.63, 3.8) is 0 Å². The first kappa shape index (κ1) is 20.9. The summed E-state index contributed by atoms with van der Waals surface area (Å²) in [5, 5.41) is 5.61. The predicted molar refractivity (Wildman–Crippen MR) is 110 cm³/mol. The number of para-hydroxylation sites is 1. The summed E-state index contributed by atoms with van der Waals surface area (Å²) in [7, 11) is 0. The fourth-order valence-corrected chi connectivity index (χ4v) is 2.73. The van der Waals surface area contributed by atoms with Crippen LogP contribution in [0.3, 0.4) is 0 Å². The predicted octanol–water partition coefficient (Wildman–Crippen LogP) is 3.47. The van der Waals surface area contributed by atoms with E-state index in [1.54, 1.807) is 48.5 Å². The summed E-state index contributed by atoms with van der Waals surface area (Å²) in [5.41, 5.74) is 1.02. The molecule has 8 heteroatoms. The van der Waals surface area contributed by atoms with Crippen LogP contribution in [-0.4, -0.2) is 30.2 Å². The zero-order chi connectivity index (χ0) is 21.7. The quantitative estimate of drug-likeness (QED) is 0.427. The number of anilines is 2. The number of hydrogen-bond donors (Lipinski definition) is 2. The van der Waals surface area contributed by atoms with Crippen molar-refractivity contribution in [2.75, 3.05) is 17.2 Å². The molecule has 2 aromatic rings. The van der Waals surface area contributed by atoms with Crippen molar-refractivity contribution in [2.45, 2.75) is 26.6 Å². The molecular weight excluding hydrogens is 388 g/mol. The van der Waals surface area contributed by atoms with Gasteiger partial charge in [0.1, 0.15) is 5.75 Å². The number of carbonyl (C=O) groups excluding carboxylic acids is 3. The molecule has 0 saturated carbocycles. The van der Waals surface area contributed by atoms with E-state index in [9.17, 15) is 14.4 Å². The Morgan fingerprint density at radius 2 is 1.67 bits per heavy atom. The van der Waals surface area contributed by atoms with E-state index in [0.29, 0.717) is 29.3 Å². The van der Waals surface area contributed by atoms with Gasteiger partial charge in [-0.1, -0.05) is 12.1 Å². The smallest absolute Gasteiger partial charge is 0.350 e. The molecule has 1 aliphatic rings. The second kappa shape index (κ2) is 8.69. The van der Waals surface area contributed by atoms with E-state index in [1.165, 1.54) is 20.0 Å². The Labute approximate surface area is 173 Å². The minimum Gasteiger partial charge on any atom is -0.494 e. The maximum atomic E-state index is 12.7. The van der Waals surface area contributed by atoms with Gasteiger partial charge < -0.3 is 24.8 Å². The largest absolute Gasteiger partial charge is 0.494 e. The van der Waals surface area contributed by atoms with Crippen molar-refractivity contribution in [3.8, 4) is 5.75 Å². The summed E-state index contributed by atoms with van der Waals surface area (Å²) < 4.78 is 15.5. The molecule has 0 aromatic heterocycles. The average Bonchev–Trinajstić information content (AvgIpc) is 2.68. The molecule has 1 fully saturated rings. The van der Waals surface area contributed by atoms with Gasteiger partial charge in [0, 0.05) is 25.7 Å². The van der Waals surface area contributed by atoms with Crippen LogP contribution in [0.15, 0.2) is 60.3 Å². The lowest BCUT2D eigenvalue weighted by molar-refractivity contribution is -0.222. The van der Waals surface area contributed by atoms with Crippen molar-refractivity contribution in [1.82, 2.24) is 0 Å². The molecule has 0 unspecified atom stereocenters. The van der Waals surface area contributed by atoms with E-state index in [-0.39, 0.29) is 11.5 Å². The molecule has 1 aliphatic heterocycles. The molecule has 1 heterocycles. The third-order valence-corrected chi connectivity index (χ3v) is 4.08. The molecule has 8 nitrogen and oxygen atoms in total. The molecule has 2 aromatic carbocycles. The van der Waals surface area contributed by atoms with Crippen LogP contribution in [0.5, 0.6) is 5.75 Å². The molecule has 0 spiro atoms. The van der Waals surface area contributed by atoms with Crippen molar-refractivity contribution in [2.24, 2.45) is 0 Å². The van der Waals surface area contributed by atoms with Gasteiger partial charge in [-0.15, -0.1) is 0 Å². The number of hydrogen-bond acceptors (Lipinski definition) is 7. The lowest BCUT2D eigenvalue weighted by Crippen LogP contribution is -2.42. The zero-order valence-corrected chi connectivity index (χ0v) is 16.9. The standard InChI is InChI=1S/C22H22N2O6/c1-4-28-15-11-9-14(10-12-15)24-19(25)16-7-5-6-8-18(16)23-13-17-20(26)29-22(2,3)30-21(17)27/h5-13,23H,4H2,1-3H3,(H,24,25). The molecule has 2 N–H and O–H groups in total. The number of amides is 1. The summed E-state index contributed by atoms with van der Waals surface area (Å²) in [6.07, 6.45) is 1.17. The van der Waals surface area contributed by atoms with Crippen LogP contribution in [0.2, 0.25) is 0 Å². The molecular formula is C22H22N2O6. The second-order valence-electron chi connectivity index (χ2n) is 6.84. The van der Waals surface area contributed by atoms with Gasteiger partial charge in [0.25, 0.3) is 11.7 Å². The molecule has 1 amide bonds. The Hall–Kier alpha value is -3.81. The second-order valence-corrected chi connectivity index (χ2v) is 6.84. The van der Waals surface area contributed by atoms with E-state index < -0.39 is 17.7 Å². The van der Waals surface area contributed by atoms with Crippen LogP contribution < -0.4 is 15.4 Å². The lowest BCUT2D eigenvalue weighted by atomic mass is 10.1. The Balaban J connectivity index is 1.75. The third-order valence-electron chi connectivity index (χ3n) is 4.08. The third kappa shape index (κ3) is 4.96. The maximum Gasteiger partial charge on any atom is 0.350 e. The highest BCUT2D eigenvalue weighted by atomic mass is 16.7. The average molecular weight is 410 g/mol. The van der Waals surface area contributed by atoms with Crippen LogP contribution in [0.1, 0.15) is 31.1 Å². The summed E-state index contributed by atoms with van der Waals surface area (Å²) >= 11 is 0. The monoisotopic (exact) mass is 410 g/mol. The Bertz CT molecular complexity index is 973. The Kier molecular flexibility index (Phi) is 6.06. The Morgan fingerprint density at radius 1 is 1.03 bits per heavy atom. The number of cyclic esters (lactones) is 2. The van der Waals surface area contributed by atoms with Crippen molar-refractivity contribution in [3.05, 3.63) is 65.9 Å². The molecule has 0 aliphatic carbocycles. The van der Waals surface area contributed by atoms with Gasteiger partial charge in [-0.25, -0.2) is 9.59 Å². The number of nitrogens with one attached hydrogen (secondary N) is 2. The van der Waals surface area contributed by atoms with Gasteiger partial charge in [-0.3, -0.25) is 4.79 Å². The normalized spacial score (nSPS) is 15.0. The van der Waals surface area contributed by atoms with Gasteiger partial charge in [0.15, 0.2) is 5.57 Å². The molecule has 0 radical (unpaired) electrons. The maximum absolute atomic E-state index is 12.7. The number of benzene rings is 2. The lowest BCUT2D eigenvalue weighted by Gasteiger charge is -2.29. The van der Waals surface area contributed by atoms with Crippen molar-refractivity contribution < 1.29 is 28.6 Å². The summed E-state index contributed by atoms with van der Waals surface area (Å²) in [6, 6.07) is 13.7. The van der Waals surface area contributed by atoms with Gasteiger partial charge in [0.05, 0.1) is 17.9 Å². The summed E-state index contributed by atoms with van der Waals surface area (Å²) in [4.78, 5) is 36.8. The number of ether oxygens (including phenoxy) is 3. The van der Waals surface area contributed by atoms with Crippen LogP contribution >= 0.6 is 0 Å². The van der Waals surface area contributed by atoms with E-state index in [2.05, 4.69) is 10.6 Å². The SMILES string of the molecule is CCOc1ccc(NC(=O)c2ccccc2NC=C2C(=O)OC(C)(C)OC2=O)cc1. The van der Waals surface area contributed by atoms with Crippen LogP contribution in [0.4, 0.5) is 11.4 Å². The fraction of sp³-hybridized carbons (Fsp3) is 0.227. The van der Waals surface area contributed by atoms with Gasteiger partial charge in [0.2, 0.25) is 0 Å². The first-order valence-corrected chi connectivity index (χ1v) is 9.35. The minimum atomic E-state index is -1.32. The topological polar surface area (TPSA) is 103 Å². The van der Waals surface area contributed by atoms with Gasteiger partial charge in [-0.2, -0.15) is 0 Å². The first-order chi connectivity index (χ1) is 14.3. The first-order valence-electron chi connectivity index (χ1n) is 9.35. The number of rotatable bonds is 6. The highest BCUT2D eigenvalue weighted by Crippen LogP contribution is 2.24. The van der Waals surface area contributed by atoms with E-state index in [0.717, 1.165) is 0 Å². The van der Waals surface area contributed by atoms with Crippen LogP contribution in [0, 0.1) is 0 Å². The van der Waals surface area contributed by atoms with E-state index in [1.807, 2.05) is 6.92 Å². The van der Waals surface area contributed by atoms with E-state index >= 15 is 0 Å². The van der Waals surface area contributed by atoms with Gasteiger partial charge in [-0.05, 0) is 43.3 Å². The number of carbonyl (C=O) groups is 3. The summed E-state index contributed by atoms with van der Waals surface area (Å²) in [6.45, 7) is 5.38. The van der Waals surface area contributed by atoms with Crippen molar-refractivity contribution in [1.29, 1.82) is 0 Å². The molecule has 156 valence electrons. The highest BCUT2D eigenvalue weighted by molar-refractivity contribution is 6.15. The zero-order valence-electron chi connectivity index (χ0n) is 16.9. The van der Waals surface area contributed by atoms with Crippen LogP contribution in [-0.2, 0) is 19.1 Å². The van der Waals surface area contributed by atoms with Crippen molar-refractivity contribution >= 4 is 29.2 Å². The molecule has 3 rings (SSSR count). The van der Waals surface area contributed by atoms with Crippen LogP contribution in [0.25, 0.3) is 0 Å². The molecule has 0 atom stereocenters. The molecule has 1 saturated heterocycles. The number of esters is 2. The fourth-order valence-electron chi connectivity index (χ4n) is 2.73. The minimum absolute atomic E-state index is 0.295.